The van der Waals surface area contributed by atoms with Crippen LogP contribution in [0.4, 0.5) is 0 Å². The third kappa shape index (κ3) is 2.56. The predicted octanol–water partition coefficient (Wildman–Crippen LogP) is 2.20. The Kier molecular flexibility index (Phi) is 4.20. The van der Waals surface area contributed by atoms with Crippen LogP contribution in [0.5, 0.6) is 5.75 Å². The Hall–Kier alpha value is -1.10. The minimum atomic E-state index is 0.0996. The minimum Gasteiger partial charge on any atom is -0.496 e. The summed E-state index contributed by atoms with van der Waals surface area (Å²) in [5.41, 5.74) is 3.96. The second-order valence-corrected chi connectivity index (χ2v) is 6.06. The van der Waals surface area contributed by atoms with Crippen LogP contribution in [0, 0.1) is 0 Å². The molecule has 3 rings (SSSR count). The van der Waals surface area contributed by atoms with Gasteiger partial charge in [-0.3, -0.25) is 4.90 Å². The fourth-order valence-electron chi connectivity index (χ4n) is 3.65. The Morgan fingerprint density at radius 2 is 2.05 bits per heavy atom. The van der Waals surface area contributed by atoms with Gasteiger partial charge in [0, 0.05) is 26.1 Å². The smallest absolute Gasteiger partial charge is 0.122 e. The SMILES string of the molecule is COc1ccc(C(C)OC)c2c1CC1C(C2)OCCN1C. The maximum atomic E-state index is 6.03. The second-order valence-electron chi connectivity index (χ2n) is 6.06. The summed E-state index contributed by atoms with van der Waals surface area (Å²) >= 11 is 0. The number of fused-ring (bicyclic) bond motifs is 2. The molecule has 4 nitrogen and oxygen atoms in total. The molecule has 4 heteroatoms. The molecular weight excluding hydrogens is 266 g/mol. The van der Waals surface area contributed by atoms with Crippen LogP contribution in [-0.2, 0) is 22.3 Å². The average Bonchev–Trinajstić information content (AvgIpc) is 2.52. The highest BCUT2D eigenvalue weighted by molar-refractivity contribution is 5.48. The van der Waals surface area contributed by atoms with E-state index >= 15 is 0 Å². The summed E-state index contributed by atoms with van der Waals surface area (Å²) in [6.07, 6.45) is 2.32. The fraction of sp³-hybridized carbons (Fsp3) is 0.647. The Morgan fingerprint density at radius 1 is 1.24 bits per heavy atom. The summed E-state index contributed by atoms with van der Waals surface area (Å²) in [6, 6.07) is 4.67. The summed E-state index contributed by atoms with van der Waals surface area (Å²) < 4.78 is 17.2. The summed E-state index contributed by atoms with van der Waals surface area (Å²) in [4.78, 5) is 2.42. The molecule has 1 fully saturated rings. The summed E-state index contributed by atoms with van der Waals surface area (Å²) in [5, 5.41) is 0. The Morgan fingerprint density at radius 3 is 2.76 bits per heavy atom. The van der Waals surface area contributed by atoms with Gasteiger partial charge in [-0.15, -0.1) is 0 Å². The van der Waals surface area contributed by atoms with Crippen molar-refractivity contribution in [3.05, 3.63) is 28.8 Å². The van der Waals surface area contributed by atoms with Crippen LogP contribution in [0.2, 0.25) is 0 Å². The minimum absolute atomic E-state index is 0.0996. The summed E-state index contributed by atoms with van der Waals surface area (Å²) in [7, 11) is 5.71. The molecule has 0 N–H and O–H groups in total. The normalized spacial score (nSPS) is 26.9. The fourth-order valence-corrected chi connectivity index (χ4v) is 3.65. The van der Waals surface area contributed by atoms with Gasteiger partial charge in [-0.25, -0.2) is 0 Å². The number of morpholine rings is 1. The van der Waals surface area contributed by atoms with E-state index in [-0.39, 0.29) is 12.2 Å². The van der Waals surface area contributed by atoms with Gasteiger partial charge in [0.1, 0.15) is 5.75 Å². The lowest BCUT2D eigenvalue weighted by atomic mass is 9.81. The van der Waals surface area contributed by atoms with Crippen molar-refractivity contribution in [1.82, 2.24) is 4.90 Å². The molecule has 1 aliphatic carbocycles. The van der Waals surface area contributed by atoms with Crippen LogP contribution in [0.3, 0.4) is 0 Å². The van der Waals surface area contributed by atoms with Crippen molar-refractivity contribution in [2.75, 3.05) is 34.4 Å². The Labute approximate surface area is 127 Å². The molecule has 2 aliphatic rings. The van der Waals surface area contributed by atoms with Crippen LogP contribution >= 0.6 is 0 Å². The maximum Gasteiger partial charge on any atom is 0.122 e. The monoisotopic (exact) mass is 291 g/mol. The van der Waals surface area contributed by atoms with Gasteiger partial charge in [-0.1, -0.05) is 6.07 Å². The predicted molar refractivity (Wildman–Crippen MR) is 82.0 cm³/mol. The van der Waals surface area contributed by atoms with E-state index in [0.717, 1.165) is 31.7 Å². The quantitative estimate of drug-likeness (QED) is 0.854. The maximum absolute atomic E-state index is 6.03. The zero-order valence-corrected chi connectivity index (χ0v) is 13.4. The average molecular weight is 291 g/mol. The number of hydrogen-bond donors (Lipinski definition) is 0. The van der Waals surface area contributed by atoms with Crippen molar-refractivity contribution < 1.29 is 14.2 Å². The molecule has 3 unspecified atom stereocenters. The van der Waals surface area contributed by atoms with Crippen molar-refractivity contribution in [1.29, 1.82) is 0 Å². The standard InChI is InChI=1S/C17H25NO3/c1-11(19-3)12-5-6-16(20-4)14-9-15-17(10-13(12)14)21-8-7-18(15)2/h5-6,11,15,17H,7-10H2,1-4H3. The van der Waals surface area contributed by atoms with Crippen molar-refractivity contribution in [2.24, 2.45) is 0 Å². The third-order valence-electron chi connectivity index (χ3n) is 5.03. The van der Waals surface area contributed by atoms with E-state index in [1.807, 2.05) is 0 Å². The molecule has 0 amide bonds. The van der Waals surface area contributed by atoms with Crippen molar-refractivity contribution in [3.63, 3.8) is 0 Å². The van der Waals surface area contributed by atoms with Crippen LogP contribution in [0.25, 0.3) is 0 Å². The third-order valence-corrected chi connectivity index (χ3v) is 5.03. The van der Waals surface area contributed by atoms with E-state index in [2.05, 4.69) is 31.0 Å². The molecule has 1 aliphatic heterocycles. The van der Waals surface area contributed by atoms with Crippen LogP contribution in [0.1, 0.15) is 29.7 Å². The topological polar surface area (TPSA) is 30.9 Å². The van der Waals surface area contributed by atoms with Gasteiger partial charge in [0.2, 0.25) is 0 Å². The first-order valence-electron chi connectivity index (χ1n) is 7.69. The lowest BCUT2D eigenvalue weighted by Crippen LogP contribution is -2.53. The van der Waals surface area contributed by atoms with Crippen molar-refractivity contribution in [2.45, 2.75) is 38.0 Å². The van der Waals surface area contributed by atoms with E-state index < -0.39 is 0 Å². The number of hydrogen-bond acceptors (Lipinski definition) is 4. The van der Waals surface area contributed by atoms with E-state index in [9.17, 15) is 0 Å². The first-order valence-corrected chi connectivity index (χ1v) is 7.69. The lowest BCUT2D eigenvalue weighted by molar-refractivity contribution is -0.0649. The van der Waals surface area contributed by atoms with Gasteiger partial charge in [0.25, 0.3) is 0 Å². The zero-order chi connectivity index (χ0) is 15.0. The van der Waals surface area contributed by atoms with E-state index in [0.29, 0.717) is 6.04 Å². The highest BCUT2D eigenvalue weighted by atomic mass is 16.5. The van der Waals surface area contributed by atoms with Crippen LogP contribution in [-0.4, -0.2) is 51.5 Å². The van der Waals surface area contributed by atoms with E-state index in [1.165, 1.54) is 16.7 Å². The number of methoxy groups -OCH3 is 2. The second kappa shape index (κ2) is 5.95. The summed E-state index contributed by atoms with van der Waals surface area (Å²) in [5.74, 6) is 0.995. The van der Waals surface area contributed by atoms with Gasteiger partial charge in [-0.05, 0) is 43.1 Å². The number of likely N-dealkylation sites (N-methyl/N-ethyl adjacent to an activating group) is 1. The molecule has 1 heterocycles. The Bertz CT molecular complexity index is 517. The van der Waals surface area contributed by atoms with Crippen molar-refractivity contribution in [3.8, 4) is 5.75 Å². The first-order chi connectivity index (χ1) is 10.2. The molecule has 116 valence electrons. The molecular formula is C17H25NO3. The molecule has 0 aromatic heterocycles. The molecule has 0 saturated carbocycles. The lowest BCUT2D eigenvalue weighted by Gasteiger charge is -2.43. The van der Waals surface area contributed by atoms with Gasteiger partial charge >= 0.3 is 0 Å². The number of nitrogens with zero attached hydrogens (tertiary/aromatic N) is 1. The van der Waals surface area contributed by atoms with Crippen LogP contribution in [0.15, 0.2) is 12.1 Å². The molecule has 0 spiro atoms. The largest absolute Gasteiger partial charge is 0.496 e. The molecule has 0 bridgehead atoms. The molecule has 1 aromatic rings. The van der Waals surface area contributed by atoms with E-state index in [1.54, 1.807) is 14.2 Å². The number of rotatable bonds is 3. The number of benzene rings is 1. The molecule has 21 heavy (non-hydrogen) atoms. The summed E-state index contributed by atoms with van der Waals surface area (Å²) in [6.45, 7) is 3.93. The van der Waals surface area contributed by atoms with Crippen molar-refractivity contribution >= 4 is 0 Å². The highest BCUT2D eigenvalue weighted by Gasteiger charge is 2.37. The molecule has 0 radical (unpaired) electrons. The zero-order valence-electron chi connectivity index (χ0n) is 13.4. The van der Waals surface area contributed by atoms with Gasteiger partial charge in [-0.2, -0.15) is 0 Å². The van der Waals surface area contributed by atoms with E-state index in [4.69, 9.17) is 14.2 Å². The Balaban J connectivity index is 2.03. The van der Waals surface area contributed by atoms with Gasteiger partial charge in [0.15, 0.2) is 0 Å². The number of ether oxygens (including phenoxy) is 3. The molecule has 3 atom stereocenters. The van der Waals surface area contributed by atoms with Crippen LogP contribution < -0.4 is 4.74 Å². The van der Waals surface area contributed by atoms with Gasteiger partial charge in [0.05, 0.1) is 25.9 Å². The van der Waals surface area contributed by atoms with Gasteiger partial charge < -0.3 is 14.2 Å². The first kappa shape index (κ1) is 14.8. The molecule has 1 aromatic carbocycles. The molecule has 1 saturated heterocycles. The highest BCUT2D eigenvalue weighted by Crippen LogP contribution is 2.38.